The average Bonchev–Trinajstić information content (AvgIpc) is 3.00. The van der Waals surface area contributed by atoms with Crippen LogP contribution in [0.1, 0.15) is 26.2 Å². The van der Waals surface area contributed by atoms with E-state index in [1.54, 1.807) is 0 Å². The van der Waals surface area contributed by atoms with Crippen LogP contribution in [0.25, 0.3) is 0 Å². The Kier molecular flexibility index (Phi) is 3.47. The Bertz CT molecular complexity index is 439. The maximum absolute atomic E-state index is 10.5. The molecule has 1 fully saturated rings. The van der Waals surface area contributed by atoms with E-state index in [4.69, 9.17) is 11.6 Å². The van der Waals surface area contributed by atoms with E-state index in [9.17, 15) is 10.1 Å². The van der Waals surface area contributed by atoms with Gasteiger partial charge in [0, 0.05) is 12.1 Å². The molecule has 1 N–H and O–H groups in total. The summed E-state index contributed by atoms with van der Waals surface area (Å²) in [7, 11) is 0. The van der Waals surface area contributed by atoms with Gasteiger partial charge in [-0.15, -0.1) is 0 Å². The van der Waals surface area contributed by atoms with Crippen molar-refractivity contribution in [1.82, 2.24) is 4.98 Å². The molecule has 0 radical (unpaired) electrons. The monoisotopic (exact) mass is 255 g/mol. The van der Waals surface area contributed by atoms with Gasteiger partial charge in [-0.25, -0.2) is 4.98 Å². The predicted molar refractivity (Wildman–Crippen MR) is 66.3 cm³/mol. The average molecular weight is 256 g/mol. The van der Waals surface area contributed by atoms with Crippen LogP contribution in [0.3, 0.4) is 0 Å². The molecule has 0 bridgehead atoms. The lowest BCUT2D eigenvalue weighted by molar-refractivity contribution is -0.385. The molecule has 17 heavy (non-hydrogen) atoms. The number of anilines is 1. The largest absolute Gasteiger partial charge is 0.366 e. The number of pyridine rings is 1. The van der Waals surface area contributed by atoms with Gasteiger partial charge in [-0.3, -0.25) is 10.1 Å². The van der Waals surface area contributed by atoms with Gasteiger partial charge in [-0.1, -0.05) is 24.9 Å². The lowest BCUT2D eigenvalue weighted by atomic mass is 10.2. The van der Waals surface area contributed by atoms with Gasteiger partial charge in [-0.2, -0.15) is 0 Å². The molecule has 2 rings (SSSR count). The number of halogens is 1. The number of nitrogens with zero attached hydrogens (tertiary/aromatic N) is 2. The number of nitrogens with one attached hydrogen (secondary N) is 1. The summed E-state index contributed by atoms with van der Waals surface area (Å²) in [6.07, 6.45) is 4.72. The molecule has 0 spiro atoms. The van der Waals surface area contributed by atoms with E-state index in [-0.39, 0.29) is 5.69 Å². The molecule has 1 saturated carbocycles. The second kappa shape index (κ2) is 4.87. The minimum absolute atomic E-state index is 0.0820. The molecule has 6 heteroatoms. The van der Waals surface area contributed by atoms with Gasteiger partial charge in [0.1, 0.15) is 12.0 Å². The van der Waals surface area contributed by atoms with Gasteiger partial charge < -0.3 is 5.32 Å². The Hall–Kier alpha value is -1.36. The molecule has 0 aromatic carbocycles. The summed E-state index contributed by atoms with van der Waals surface area (Å²) < 4.78 is 0. The number of hydrogen-bond donors (Lipinski definition) is 1. The zero-order chi connectivity index (χ0) is 12.4. The number of aromatic nitrogens is 1. The fraction of sp³-hybridized carbons (Fsp3) is 0.545. The Morgan fingerprint density at radius 2 is 2.47 bits per heavy atom. The van der Waals surface area contributed by atoms with Crippen molar-refractivity contribution in [2.75, 3.05) is 5.32 Å². The third-order valence-corrected chi connectivity index (χ3v) is 3.23. The first-order valence-corrected chi connectivity index (χ1v) is 6.06. The third-order valence-electron chi connectivity index (χ3n) is 2.94. The summed E-state index contributed by atoms with van der Waals surface area (Å²) in [5.74, 6) is 1.23. The molecule has 1 aromatic rings. The number of rotatable bonds is 5. The Balaban J connectivity index is 2.00. The molecule has 2 unspecified atom stereocenters. The number of hydrogen-bond acceptors (Lipinski definition) is 4. The Morgan fingerprint density at radius 1 is 1.71 bits per heavy atom. The maximum atomic E-state index is 10.5. The van der Waals surface area contributed by atoms with E-state index in [1.807, 2.05) is 0 Å². The molecule has 1 heterocycles. The highest BCUT2D eigenvalue weighted by Gasteiger charge is 2.36. The molecule has 2 atom stereocenters. The minimum Gasteiger partial charge on any atom is -0.366 e. The van der Waals surface area contributed by atoms with E-state index in [1.165, 1.54) is 25.1 Å². The highest BCUT2D eigenvalue weighted by Crippen LogP contribution is 2.38. The molecular formula is C11H14ClN3O2. The summed E-state index contributed by atoms with van der Waals surface area (Å²) in [5.41, 5.74) is -0.0820. The zero-order valence-electron chi connectivity index (χ0n) is 9.52. The van der Waals surface area contributed by atoms with Gasteiger partial charge in [0.15, 0.2) is 0 Å². The fourth-order valence-corrected chi connectivity index (χ4v) is 2.14. The van der Waals surface area contributed by atoms with Gasteiger partial charge in [0.2, 0.25) is 0 Å². The molecular weight excluding hydrogens is 242 g/mol. The van der Waals surface area contributed by atoms with Gasteiger partial charge in [-0.05, 0) is 18.8 Å². The minimum atomic E-state index is -0.500. The first-order valence-electron chi connectivity index (χ1n) is 5.68. The van der Waals surface area contributed by atoms with Crippen molar-refractivity contribution < 1.29 is 4.92 Å². The van der Waals surface area contributed by atoms with Crippen LogP contribution in [0.5, 0.6) is 0 Å². The molecule has 0 saturated heterocycles. The third kappa shape index (κ3) is 2.85. The Morgan fingerprint density at radius 3 is 3.06 bits per heavy atom. The van der Waals surface area contributed by atoms with Crippen LogP contribution >= 0.6 is 11.6 Å². The van der Waals surface area contributed by atoms with Gasteiger partial charge >= 0.3 is 0 Å². The van der Waals surface area contributed by atoms with Crippen molar-refractivity contribution in [3.63, 3.8) is 0 Å². The molecule has 0 aliphatic heterocycles. The molecule has 5 nitrogen and oxygen atoms in total. The zero-order valence-corrected chi connectivity index (χ0v) is 10.3. The second-order valence-corrected chi connectivity index (χ2v) is 4.72. The van der Waals surface area contributed by atoms with Crippen molar-refractivity contribution in [3.05, 3.63) is 27.4 Å². The predicted octanol–water partition coefficient (Wildman–Crippen LogP) is 3.24. The molecule has 92 valence electrons. The summed E-state index contributed by atoms with van der Waals surface area (Å²) in [6, 6.07) is 1.75. The topological polar surface area (TPSA) is 68.1 Å². The van der Waals surface area contributed by atoms with Gasteiger partial charge in [0.25, 0.3) is 5.69 Å². The summed E-state index contributed by atoms with van der Waals surface area (Å²) >= 11 is 5.94. The summed E-state index contributed by atoms with van der Waals surface area (Å²) in [4.78, 5) is 14.0. The van der Waals surface area contributed by atoms with Crippen molar-refractivity contribution in [1.29, 1.82) is 0 Å². The summed E-state index contributed by atoms with van der Waals surface area (Å²) in [5, 5.41) is 14.0. The molecule has 1 aliphatic carbocycles. The standard InChI is InChI=1S/C11H14ClN3O2/c1-2-3-7-4-10(7)14-11-9(12)5-8(6-13-11)15(16)17/h5-7,10H,2-4H2,1H3,(H,13,14). The first kappa shape index (κ1) is 12.1. The van der Waals surface area contributed by atoms with E-state index in [0.717, 1.165) is 6.42 Å². The van der Waals surface area contributed by atoms with Crippen molar-refractivity contribution in [3.8, 4) is 0 Å². The van der Waals surface area contributed by atoms with E-state index in [2.05, 4.69) is 17.2 Å². The van der Waals surface area contributed by atoms with Crippen LogP contribution in [0.4, 0.5) is 11.5 Å². The fourth-order valence-electron chi connectivity index (χ4n) is 1.92. The maximum Gasteiger partial charge on any atom is 0.289 e. The van der Waals surface area contributed by atoms with Crippen molar-refractivity contribution in [2.45, 2.75) is 32.2 Å². The van der Waals surface area contributed by atoms with Crippen LogP contribution < -0.4 is 5.32 Å². The smallest absolute Gasteiger partial charge is 0.289 e. The SMILES string of the molecule is CCCC1CC1Nc1ncc([N+](=O)[O-])cc1Cl. The van der Waals surface area contributed by atoms with Gasteiger partial charge in [0.05, 0.1) is 9.95 Å². The summed E-state index contributed by atoms with van der Waals surface area (Å²) in [6.45, 7) is 2.16. The second-order valence-electron chi connectivity index (χ2n) is 4.32. The first-order chi connectivity index (χ1) is 8.11. The Labute approximate surface area is 104 Å². The van der Waals surface area contributed by atoms with E-state index < -0.39 is 4.92 Å². The van der Waals surface area contributed by atoms with E-state index in [0.29, 0.717) is 22.8 Å². The highest BCUT2D eigenvalue weighted by molar-refractivity contribution is 6.33. The molecule has 1 aromatic heterocycles. The highest BCUT2D eigenvalue weighted by atomic mass is 35.5. The van der Waals surface area contributed by atoms with E-state index >= 15 is 0 Å². The van der Waals surface area contributed by atoms with Crippen LogP contribution in [0.2, 0.25) is 5.02 Å². The molecule has 0 amide bonds. The van der Waals surface area contributed by atoms with Crippen LogP contribution in [0.15, 0.2) is 12.3 Å². The van der Waals surface area contributed by atoms with Crippen LogP contribution in [-0.2, 0) is 0 Å². The van der Waals surface area contributed by atoms with Crippen LogP contribution in [0, 0.1) is 16.0 Å². The quantitative estimate of drug-likeness (QED) is 0.648. The lowest BCUT2D eigenvalue weighted by Gasteiger charge is -2.06. The van der Waals surface area contributed by atoms with Crippen LogP contribution in [-0.4, -0.2) is 15.9 Å². The van der Waals surface area contributed by atoms with Crippen molar-refractivity contribution >= 4 is 23.1 Å². The lowest BCUT2D eigenvalue weighted by Crippen LogP contribution is -2.07. The number of nitro groups is 1. The normalized spacial score (nSPS) is 22.2. The van der Waals surface area contributed by atoms with Crippen molar-refractivity contribution in [2.24, 2.45) is 5.92 Å². The molecule has 1 aliphatic rings.